The van der Waals surface area contributed by atoms with Crippen LogP contribution in [0.5, 0.6) is 11.5 Å². The Labute approximate surface area is 159 Å². The Morgan fingerprint density at radius 3 is 2.41 bits per heavy atom. The summed E-state index contributed by atoms with van der Waals surface area (Å²) in [5.74, 6) is 2.13. The molecule has 0 saturated heterocycles. The van der Waals surface area contributed by atoms with E-state index >= 15 is 0 Å². The third-order valence-electron chi connectivity index (χ3n) is 4.20. The van der Waals surface area contributed by atoms with Gasteiger partial charge in [0.05, 0.1) is 11.0 Å². The van der Waals surface area contributed by atoms with Gasteiger partial charge in [-0.3, -0.25) is 4.79 Å². The smallest absolute Gasteiger partial charge is 0.247 e. The van der Waals surface area contributed by atoms with Gasteiger partial charge in [-0.2, -0.15) is 0 Å². The molecule has 0 unspecified atom stereocenters. The van der Waals surface area contributed by atoms with Gasteiger partial charge in [0.25, 0.3) is 0 Å². The molecule has 0 radical (unpaired) electrons. The zero-order chi connectivity index (χ0) is 19.4. The molecule has 1 N–H and O–H groups in total. The highest BCUT2D eigenvalue weighted by Gasteiger charge is 2.17. The van der Waals surface area contributed by atoms with Crippen molar-refractivity contribution in [1.29, 1.82) is 0 Å². The van der Waals surface area contributed by atoms with Gasteiger partial charge in [-0.1, -0.05) is 18.2 Å². The Morgan fingerprint density at radius 2 is 1.74 bits per heavy atom. The predicted octanol–water partition coefficient (Wildman–Crippen LogP) is 5.01. The van der Waals surface area contributed by atoms with Crippen molar-refractivity contribution in [2.75, 3.05) is 0 Å². The van der Waals surface area contributed by atoms with Gasteiger partial charge in [-0.05, 0) is 58.0 Å². The SMILES string of the molecule is CC(C)N(C(=O)C=Cc1nc2ccc(Oc3ccccc3)cc2[nH]1)C(C)C. The summed E-state index contributed by atoms with van der Waals surface area (Å²) in [5.41, 5.74) is 1.69. The quantitative estimate of drug-likeness (QED) is 0.626. The van der Waals surface area contributed by atoms with E-state index in [9.17, 15) is 4.79 Å². The molecule has 0 fully saturated rings. The number of hydrogen-bond donors (Lipinski definition) is 1. The van der Waals surface area contributed by atoms with Crippen LogP contribution in [0.1, 0.15) is 33.5 Å². The van der Waals surface area contributed by atoms with Crippen LogP contribution < -0.4 is 4.74 Å². The molecule has 0 atom stereocenters. The average Bonchev–Trinajstić information content (AvgIpc) is 3.02. The van der Waals surface area contributed by atoms with E-state index in [1.165, 1.54) is 0 Å². The first kappa shape index (κ1) is 18.7. The predicted molar refractivity (Wildman–Crippen MR) is 109 cm³/mol. The van der Waals surface area contributed by atoms with Crippen LogP contribution in [-0.4, -0.2) is 32.9 Å². The minimum absolute atomic E-state index is 0.0199. The molecule has 0 saturated carbocycles. The van der Waals surface area contributed by atoms with Crippen molar-refractivity contribution in [2.45, 2.75) is 39.8 Å². The molecule has 1 heterocycles. The van der Waals surface area contributed by atoms with Crippen LogP contribution in [0.3, 0.4) is 0 Å². The number of carbonyl (C=O) groups excluding carboxylic acids is 1. The highest BCUT2D eigenvalue weighted by Crippen LogP contribution is 2.24. The molecule has 1 aromatic heterocycles. The van der Waals surface area contributed by atoms with Gasteiger partial charge in [0.1, 0.15) is 17.3 Å². The van der Waals surface area contributed by atoms with Gasteiger partial charge in [-0.25, -0.2) is 4.98 Å². The third-order valence-corrected chi connectivity index (χ3v) is 4.20. The van der Waals surface area contributed by atoms with Crippen molar-refractivity contribution in [1.82, 2.24) is 14.9 Å². The summed E-state index contributed by atoms with van der Waals surface area (Å²) in [5, 5.41) is 0. The number of H-pyrrole nitrogens is 1. The van der Waals surface area contributed by atoms with Gasteiger partial charge in [0.2, 0.25) is 5.91 Å². The molecular weight excluding hydrogens is 338 g/mol. The van der Waals surface area contributed by atoms with Gasteiger partial charge in [-0.15, -0.1) is 0 Å². The number of carbonyl (C=O) groups is 1. The number of aromatic nitrogens is 2. The van der Waals surface area contributed by atoms with Crippen molar-refractivity contribution < 1.29 is 9.53 Å². The van der Waals surface area contributed by atoms with Crippen LogP contribution in [0.15, 0.2) is 54.6 Å². The van der Waals surface area contributed by atoms with Crippen LogP contribution in [0.2, 0.25) is 0 Å². The van der Waals surface area contributed by atoms with Crippen molar-refractivity contribution in [3.05, 3.63) is 60.4 Å². The lowest BCUT2D eigenvalue weighted by Crippen LogP contribution is -2.41. The molecule has 0 spiro atoms. The van der Waals surface area contributed by atoms with E-state index in [2.05, 4.69) is 9.97 Å². The van der Waals surface area contributed by atoms with Gasteiger partial charge in [0, 0.05) is 24.2 Å². The molecule has 0 aliphatic carbocycles. The molecule has 3 rings (SSSR count). The van der Waals surface area contributed by atoms with Crippen LogP contribution in [0, 0.1) is 0 Å². The standard InChI is InChI=1S/C22H25N3O2/c1-15(2)25(16(3)4)22(26)13-12-21-23-19-11-10-18(14-20(19)24-21)27-17-8-6-5-7-9-17/h5-16H,1-4H3,(H,23,24). The van der Waals surface area contributed by atoms with E-state index in [-0.39, 0.29) is 18.0 Å². The lowest BCUT2D eigenvalue weighted by atomic mass is 10.2. The van der Waals surface area contributed by atoms with E-state index in [0.29, 0.717) is 5.82 Å². The highest BCUT2D eigenvalue weighted by atomic mass is 16.5. The fraction of sp³-hybridized carbons (Fsp3) is 0.273. The molecule has 5 heteroatoms. The molecule has 1 amide bonds. The highest BCUT2D eigenvalue weighted by molar-refractivity contribution is 5.92. The van der Waals surface area contributed by atoms with Crippen LogP contribution >= 0.6 is 0 Å². The van der Waals surface area contributed by atoms with E-state index < -0.39 is 0 Å². The first-order chi connectivity index (χ1) is 12.9. The minimum atomic E-state index is -0.0199. The van der Waals surface area contributed by atoms with E-state index in [0.717, 1.165) is 22.5 Å². The third kappa shape index (κ3) is 4.56. The number of hydrogen-bond acceptors (Lipinski definition) is 3. The first-order valence-corrected chi connectivity index (χ1v) is 9.17. The number of rotatable bonds is 6. The van der Waals surface area contributed by atoms with Crippen LogP contribution in [-0.2, 0) is 4.79 Å². The number of para-hydroxylation sites is 1. The molecule has 27 heavy (non-hydrogen) atoms. The molecule has 3 aromatic rings. The van der Waals surface area contributed by atoms with Crippen molar-refractivity contribution in [2.24, 2.45) is 0 Å². The van der Waals surface area contributed by atoms with Gasteiger partial charge >= 0.3 is 0 Å². The Kier molecular flexibility index (Phi) is 5.60. The van der Waals surface area contributed by atoms with E-state index in [1.54, 1.807) is 12.2 Å². The maximum absolute atomic E-state index is 12.4. The first-order valence-electron chi connectivity index (χ1n) is 9.17. The number of fused-ring (bicyclic) bond motifs is 1. The second-order valence-electron chi connectivity index (χ2n) is 6.98. The molecule has 5 nitrogen and oxygen atoms in total. The average molecular weight is 363 g/mol. The van der Waals surface area contributed by atoms with Gasteiger partial charge < -0.3 is 14.6 Å². The number of ether oxygens (including phenoxy) is 1. The number of aromatic amines is 1. The number of nitrogens with zero attached hydrogens (tertiary/aromatic N) is 2. The zero-order valence-corrected chi connectivity index (χ0v) is 16.1. The topological polar surface area (TPSA) is 58.2 Å². The maximum atomic E-state index is 12.4. The van der Waals surface area contributed by atoms with Crippen molar-refractivity contribution in [3.63, 3.8) is 0 Å². The Bertz CT molecular complexity index is 935. The van der Waals surface area contributed by atoms with Crippen molar-refractivity contribution >= 4 is 23.0 Å². The second kappa shape index (κ2) is 8.08. The maximum Gasteiger partial charge on any atom is 0.247 e. The fourth-order valence-electron chi connectivity index (χ4n) is 3.12. The summed E-state index contributed by atoms with van der Waals surface area (Å²) in [6.45, 7) is 8.06. The zero-order valence-electron chi connectivity index (χ0n) is 16.1. The fourth-order valence-corrected chi connectivity index (χ4v) is 3.12. The summed E-state index contributed by atoms with van der Waals surface area (Å²) in [7, 11) is 0. The summed E-state index contributed by atoms with van der Waals surface area (Å²) < 4.78 is 5.85. The molecule has 0 aliphatic rings. The number of imidazole rings is 1. The lowest BCUT2D eigenvalue weighted by Gasteiger charge is -2.29. The molecule has 0 aliphatic heterocycles. The Balaban J connectivity index is 1.77. The van der Waals surface area contributed by atoms with E-state index in [1.807, 2.05) is 81.1 Å². The summed E-state index contributed by atoms with van der Waals surface area (Å²) in [6, 6.07) is 15.6. The number of nitrogens with one attached hydrogen (secondary N) is 1. The largest absolute Gasteiger partial charge is 0.457 e. The Hall–Kier alpha value is -3.08. The molecular formula is C22H25N3O2. The van der Waals surface area contributed by atoms with Crippen molar-refractivity contribution in [3.8, 4) is 11.5 Å². The minimum Gasteiger partial charge on any atom is -0.457 e. The lowest BCUT2D eigenvalue weighted by molar-refractivity contribution is -0.129. The second-order valence-corrected chi connectivity index (χ2v) is 6.98. The Morgan fingerprint density at radius 1 is 1.04 bits per heavy atom. The normalized spacial score (nSPS) is 11.6. The number of benzene rings is 2. The summed E-state index contributed by atoms with van der Waals surface area (Å²) >= 11 is 0. The molecule has 2 aromatic carbocycles. The van der Waals surface area contributed by atoms with E-state index in [4.69, 9.17) is 4.74 Å². The monoisotopic (exact) mass is 363 g/mol. The summed E-state index contributed by atoms with van der Waals surface area (Å²) in [4.78, 5) is 22.0. The van der Waals surface area contributed by atoms with Crippen LogP contribution in [0.4, 0.5) is 0 Å². The molecule has 0 bridgehead atoms. The van der Waals surface area contributed by atoms with Crippen LogP contribution in [0.25, 0.3) is 17.1 Å². The number of amides is 1. The summed E-state index contributed by atoms with van der Waals surface area (Å²) in [6.07, 6.45) is 3.29. The van der Waals surface area contributed by atoms with Gasteiger partial charge in [0.15, 0.2) is 0 Å². The molecule has 140 valence electrons.